The van der Waals surface area contributed by atoms with Gasteiger partial charge in [0.2, 0.25) is 5.91 Å². The Bertz CT molecular complexity index is 245. The van der Waals surface area contributed by atoms with Gasteiger partial charge in [-0.25, -0.2) is 0 Å². The van der Waals surface area contributed by atoms with Crippen molar-refractivity contribution in [3.63, 3.8) is 0 Å². The average Bonchev–Trinajstić information content (AvgIpc) is 2.60. The van der Waals surface area contributed by atoms with Crippen molar-refractivity contribution in [1.29, 1.82) is 0 Å². The molecule has 0 aliphatic carbocycles. The lowest BCUT2D eigenvalue weighted by atomic mass is 9.80. The number of rotatable bonds is 6. The molecule has 0 saturated carbocycles. The summed E-state index contributed by atoms with van der Waals surface area (Å²) in [5, 5.41) is 8.68. The number of aliphatic hydroxyl groups is 1. The zero-order valence-electron chi connectivity index (χ0n) is 11.5. The summed E-state index contributed by atoms with van der Waals surface area (Å²) in [6.45, 7) is 8.77. The van der Waals surface area contributed by atoms with Gasteiger partial charge in [-0.1, -0.05) is 33.6 Å². The van der Waals surface area contributed by atoms with Gasteiger partial charge in [0.1, 0.15) is 0 Å². The van der Waals surface area contributed by atoms with Crippen LogP contribution < -0.4 is 0 Å². The smallest absolute Gasteiger partial charge is 0.222 e. The summed E-state index contributed by atoms with van der Waals surface area (Å²) in [4.78, 5) is 13.9. The van der Waals surface area contributed by atoms with E-state index in [-0.39, 0.29) is 12.0 Å². The first-order valence-corrected chi connectivity index (χ1v) is 6.84. The van der Waals surface area contributed by atoms with Crippen molar-refractivity contribution in [3.8, 4) is 0 Å². The van der Waals surface area contributed by atoms with Gasteiger partial charge < -0.3 is 10.0 Å². The molecule has 1 saturated heterocycles. The first kappa shape index (κ1) is 14.5. The average molecular weight is 241 g/mol. The normalized spacial score (nSPS) is 21.3. The second-order valence-corrected chi connectivity index (χ2v) is 6.24. The molecule has 1 atom stereocenters. The van der Waals surface area contributed by atoms with Crippen LogP contribution in [0, 0.1) is 11.3 Å². The molecular weight excluding hydrogens is 214 g/mol. The third kappa shape index (κ3) is 4.66. The second kappa shape index (κ2) is 6.39. The number of likely N-dealkylation sites (tertiary alicyclic amines) is 1. The van der Waals surface area contributed by atoms with Crippen molar-refractivity contribution in [2.45, 2.75) is 52.9 Å². The van der Waals surface area contributed by atoms with E-state index in [4.69, 9.17) is 5.11 Å². The van der Waals surface area contributed by atoms with E-state index in [9.17, 15) is 4.79 Å². The van der Waals surface area contributed by atoms with Gasteiger partial charge >= 0.3 is 0 Å². The summed E-state index contributed by atoms with van der Waals surface area (Å²) in [7, 11) is 0. The third-order valence-electron chi connectivity index (χ3n) is 3.78. The fraction of sp³-hybridized carbons (Fsp3) is 0.929. The number of hydrogen-bond donors (Lipinski definition) is 1. The fourth-order valence-electron chi connectivity index (χ4n) is 2.34. The van der Waals surface area contributed by atoms with E-state index >= 15 is 0 Å². The van der Waals surface area contributed by atoms with Crippen molar-refractivity contribution >= 4 is 5.91 Å². The summed E-state index contributed by atoms with van der Waals surface area (Å²) < 4.78 is 0. The van der Waals surface area contributed by atoms with Gasteiger partial charge in [0.15, 0.2) is 0 Å². The van der Waals surface area contributed by atoms with Crippen LogP contribution >= 0.6 is 0 Å². The molecule has 1 aliphatic heterocycles. The maximum atomic E-state index is 11.8. The van der Waals surface area contributed by atoms with Gasteiger partial charge in [-0.05, 0) is 24.2 Å². The predicted molar refractivity (Wildman–Crippen MR) is 69.7 cm³/mol. The Morgan fingerprint density at radius 1 is 1.24 bits per heavy atom. The van der Waals surface area contributed by atoms with E-state index < -0.39 is 0 Å². The molecule has 0 aromatic heterocycles. The lowest BCUT2D eigenvalue weighted by Gasteiger charge is -2.26. The minimum atomic E-state index is 0.237. The highest BCUT2D eigenvalue weighted by molar-refractivity contribution is 5.78. The number of aliphatic hydroxyl groups excluding tert-OH is 1. The van der Waals surface area contributed by atoms with Crippen LogP contribution in [0.25, 0.3) is 0 Å². The number of hydrogen-bond acceptors (Lipinski definition) is 2. The number of nitrogens with zero attached hydrogens (tertiary/aromatic N) is 1. The summed E-state index contributed by atoms with van der Waals surface area (Å²) in [6.07, 6.45) is 4.87. The van der Waals surface area contributed by atoms with Crippen molar-refractivity contribution in [2.24, 2.45) is 11.3 Å². The van der Waals surface area contributed by atoms with E-state index in [1.807, 2.05) is 4.90 Å². The van der Waals surface area contributed by atoms with E-state index in [0.717, 1.165) is 45.2 Å². The Morgan fingerprint density at radius 2 is 1.88 bits per heavy atom. The van der Waals surface area contributed by atoms with Crippen LogP contribution in [0.1, 0.15) is 52.9 Å². The molecule has 1 amide bonds. The number of carbonyl (C=O) groups excluding carboxylic acids is 1. The van der Waals surface area contributed by atoms with E-state index in [2.05, 4.69) is 20.8 Å². The van der Waals surface area contributed by atoms with Crippen molar-refractivity contribution in [1.82, 2.24) is 4.90 Å². The lowest BCUT2D eigenvalue weighted by molar-refractivity contribution is -0.127. The minimum Gasteiger partial charge on any atom is -0.396 e. The number of unbranched alkanes of at least 4 members (excludes halogenated alkanes) is 3. The summed E-state index contributed by atoms with van der Waals surface area (Å²) >= 11 is 0. The van der Waals surface area contributed by atoms with Crippen molar-refractivity contribution in [2.75, 3.05) is 19.7 Å². The first-order valence-electron chi connectivity index (χ1n) is 6.84. The fourth-order valence-corrected chi connectivity index (χ4v) is 2.34. The summed E-state index contributed by atoms with van der Waals surface area (Å²) in [5.74, 6) is 0.833. The van der Waals surface area contributed by atoms with Gasteiger partial charge in [0, 0.05) is 26.1 Å². The van der Waals surface area contributed by atoms with Crippen LogP contribution in [0.3, 0.4) is 0 Å². The second-order valence-electron chi connectivity index (χ2n) is 6.24. The van der Waals surface area contributed by atoms with Gasteiger partial charge in [-0.2, -0.15) is 0 Å². The summed E-state index contributed by atoms with van der Waals surface area (Å²) in [5.41, 5.74) is 0.237. The first-order chi connectivity index (χ1) is 7.95. The third-order valence-corrected chi connectivity index (χ3v) is 3.78. The standard InChI is InChI=1S/C14H27NO2/c1-14(2,3)12-10-13(17)15(11-12)8-6-4-5-7-9-16/h12,16H,4-11H2,1-3H3. The molecular formula is C14H27NO2. The monoisotopic (exact) mass is 241 g/mol. The SMILES string of the molecule is CC(C)(C)C1CC(=O)N(CCCCCCO)C1. The molecule has 17 heavy (non-hydrogen) atoms. The highest BCUT2D eigenvalue weighted by Gasteiger charge is 2.36. The highest BCUT2D eigenvalue weighted by atomic mass is 16.2. The quantitative estimate of drug-likeness (QED) is 0.726. The number of carbonyl (C=O) groups is 1. The molecule has 1 unspecified atom stereocenters. The molecule has 0 radical (unpaired) electrons. The molecule has 1 rings (SSSR count). The molecule has 1 fully saturated rings. The van der Waals surface area contributed by atoms with Gasteiger partial charge in [-0.3, -0.25) is 4.79 Å². The Kier molecular flexibility index (Phi) is 5.44. The van der Waals surface area contributed by atoms with Gasteiger partial charge in [-0.15, -0.1) is 0 Å². The maximum Gasteiger partial charge on any atom is 0.222 e. The van der Waals surface area contributed by atoms with E-state index in [1.54, 1.807) is 0 Å². The topological polar surface area (TPSA) is 40.5 Å². The van der Waals surface area contributed by atoms with Crippen LogP contribution in [0.15, 0.2) is 0 Å². The van der Waals surface area contributed by atoms with Crippen LogP contribution in [0.5, 0.6) is 0 Å². The van der Waals surface area contributed by atoms with Gasteiger partial charge in [0.25, 0.3) is 0 Å². The lowest BCUT2D eigenvalue weighted by Crippen LogP contribution is -2.28. The maximum absolute atomic E-state index is 11.8. The minimum absolute atomic E-state index is 0.237. The highest BCUT2D eigenvalue weighted by Crippen LogP contribution is 2.34. The van der Waals surface area contributed by atoms with Crippen LogP contribution in [-0.2, 0) is 4.79 Å². The summed E-state index contributed by atoms with van der Waals surface area (Å²) in [6, 6.07) is 0. The molecule has 0 aromatic carbocycles. The molecule has 1 heterocycles. The Hall–Kier alpha value is -0.570. The molecule has 1 aliphatic rings. The van der Waals surface area contributed by atoms with Crippen LogP contribution in [0.2, 0.25) is 0 Å². The zero-order valence-corrected chi connectivity index (χ0v) is 11.5. The van der Waals surface area contributed by atoms with Crippen LogP contribution in [0.4, 0.5) is 0 Å². The Labute approximate surface area is 105 Å². The molecule has 0 aromatic rings. The predicted octanol–water partition coefficient (Wildman–Crippen LogP) is 2.43. The van der Waals surface area contributed by atoms with Crippen molar-refractivity contribution < 1.29 is 9.90 Å². The zero-order chi connectivity index (χ0) is 12.9. The number of amides is 1. The molecule has 3 heteroatoms. The molecule has 3 nitrogen and oxygen atoms in total. The molecule has 0 bridgehead atoms. The van der Waals surface area contributed by atoms with Gasteiger partial charge in [0.05, 0.1) is 0 Å². The Balaban J connectivity index is 2.24. The van der Waals surface area contributed by atoms with E-state index in [1.165, 1.54) is 0 Å². The Morgan fingerprint density at radius 3 is 2.41 bits per heavy atom. The molecule has 0 spiro atoms. The van der Waals surface area contributed by atoms with E-state index in [0.29, 0.717) is 11.8 Å². The molecule has 100 valence electrons. The largest absolute Gasteiger partial charge is 0.396 e. The van der Waals surface area contributed by atoms with Crippen LogP contribution in [-0.4, -0.2) is 35.6 Å². The van der Waals surface area contributed by atoms with Crippen molar-refractivity contribution in [3.05, 3.63) is 0 Å². The molecule has 1 N–H and O–H groups in total.